The van der Waals surface area contributed by atoms with Gasteiger partial charge >= 0.3 is 5.97 Å². The van der Waals surface area contributed by atoms with Gasteiger partial charge in [0.2, 0.25) is 5.91 Å². The van der Waals surface area contributed by atoms with E-state index in [0.29, 0.717) is 28.9 Å². The highest BCUT2D eigenvalue weighted by Gasteiger charge is 2.42. The Bertz CT molecular complexity index is 1690. The van der Waals surface area contributed by atoms with Gasteiger partial charge in [-0.15, -0.1) is 11.8 Å². The van der Waals surface area contributed by atoms with Crippen LogP contribution in [-0.2, 0) is 24.2 Å². The number of aliphatic carboxylic acids is 1. The summed E-state index contributed by atoms with van der Waals surface area (Å²) in [6.45, 7) is 9.39. The van der Waals surface area contributed by atoms with E-state index in [1.54, 1.807) is 30.3 Å². The molecule has 0 saturated carbocycles. The first-order chi connectivity index (χ1) is 24.4. The fourth-order valence-electron chi connectivity index (χ4n) is 5.95. The van der Waals surface area contributed by atoms with Gasteiger partial charge in [0.05, 0.1) is 16.7 Å². The molecule has 0 aliphatic carbocycles. The molecular weight excluding hydrogens is 689 g/mol. The number of carbonyl (C=O) groups is 3. The first-order valence-corrected chi connectivity index (χ1v) is 20.3. The summed E-state index contributed by atoms with van der Waals surface area (Å²) in [5.74, 6) is -2.39. The third-order valence-electron chi connectivity index (χ3n) is 8.65. The predicted octanol–water partition coefficient (Wildman–Crippen LogP) is 5.27. The molecule has 0 unspecified atom stereocenters. The van der Waals surface area contributed by atoms with Gasteiger partial charge in [-0.3, -0.25) is 19.7 Å². The van der Waals surface area contributed by atoms with Gasteiger partial charge in [0.1, 0.15) is 18.3 Å². The molecule has 1 heterocycles. The molecule has 0 saturated heterocycles. The summed E-state index contributed by atoms with van der Waals surface area (Å²) < 4.78 is 34.2. The molecule has 11 nitrogen and oxygen atoms in total. The van der Waals surface area contributed by atoms with Crippen molar-refractivity contribution in [3.63, 3.8) is 0 Å². The fourth-order valence-corrected chi connectivity index (χ4v) is 8.65. The summed E-state index contributed by atoms with van der Waals surface area (Å²) in [6.07, 6.45) is 5.01. The lowest BCUT2D eigenvalue weighted by Gasteiger charge is -2.36. The first kappa shape index (κ1) is 41.5. The van der Waals surface area contributed by atoms with E-state index < -0.39 is 52.4 Å². The molecule has 0 fully saturated rings. The van der Waals surface area contributed by atoms with Gasteiger partial charge in [0.15, 0.2) is 16.4 Å². The van der Waals surface area contributed by atoms with Crippen molar-refractivity contribution >= 4 is 39.4 Å². The van der Waals surface area contributed by atoms with E-state index in [0.717, 1.165) is 31.5 Å². The Kier molecular flexibility index (Phi) is 16.5. The third kappa shape index (κ3) is 11.8. The van der Waals surface area contributed by atoms with Crippen LogP contribution >= 0.6 is 11.8 Å². The Morgan fingerprint density at radius 3 is 2.20 bits per heavy atom. The van der Waals surface area contributed by atoms with Gasteiger partial charge in [-0.2, -0.15) is 0 Å². The van der Waals surface area contributed by atoms with Gasteiger partial charge in [0.25, 0.3) is 5.91 Å². The Hall–Kier alpha value is -3.91. The van der Waals surface area contributed by atoms with Crippen molar-refractivity contribution in [1.82, 2.24) is 21.3 Å². The number of fused-ring (bicyclic) bond motifs is 1. The number of nitrogens with one attached hydrogen (secondary N) is 4. The zero-order chi connectivity index (χ0) is 37.4. The number of sulfone groups is 1. The number of amides is 2. The maximum atomic E-state index is 14.1. The molecule has 3 atom stereocenters. The normalized spacial score (nSPS) is 18.2. The molecule has 0 radical (unpaired) electrons. The molecule has 278 valence electrons. The summed E-state index contributed by atoms with van der Waals surface area (Å²) in [4.78, 5) is 37.7. The van der Waals surface area contributed by atoms with Crippen LogP contribution < -0.4 is 26.0 Å². The van der Waals surface area contributed by atoms with Gasteiger partial charge in [-0.25, -0.2) is 8.42 Å². The average Bonchev–Trinajstić information content (AvgIpc) is 3.23. The van der Waals surface area contributed by atoms with Gasteiger partial charge in [-0.05, 0) is 54.9 Å². The third-order valence-corrected chi connectivity index (χ3v) is 11.4. The van der Waals surface area contributed by atoms with E-state index in [2.05, 4.69) is 42.0 Å². The number of carboxylic acid groups (broad SMARTS) is 1. The smallest absolute Gasteiger partial charge is 0.322 e. The van der Waals surface area contributed by atoms with Crippen molar-refractivity contribution in [2.45, 2.75) is 80.8 Å². The second-order valence-corrected chi connectivity index (χ2v) is 15.1. The van der Waals surface area contributed by atoms with Crippen LogP contribution in [0, 0.1) is 0 Å². The van der Waals surface area contributed by atoms with Crippen LogP contribution in [0.1, 0.15) is 82.2 Å². The Morgan fingerprint density at radius 2 is 1.65 bits per heavy atom. The minimum absolute atomic E-state index is 0.0738. The number of thioether (sulfide) groups is 1. The minimum atomic E-state index is -3.79. The number of hydrogen-bond acceptors (Lipinski definition) is 9. The summed E-state index contributed by atoms with van der Waals surface area (Å²) >= 11 is 1.37. The molecule has 0 aromatic heterocycles. The predicted molar refractivity (Wildman–Crippen MR) is 202 cm³/mol. The van der Waals surface area contributed by atoms with Crippen molar-refractivity contribution in [2.75, 3.05) is 38.2 Å². The zero-order valence-corrected chi connectivity index (χ0v) is 31.8. The van der Waals surface area contributed by atoms with E-state index in [4.69, 9.17) is 9.84 Å². The Labute approximate surface area is 306 Å². The van der Waals surface area contributed by atoms with E-state index in [-0.39, 0.29) is 22.4 Å². The van der Waals surface area contributed by atoms with Gasteiger partial charge < -0.3 is 25.8 Å². The molecule has 5 N–H and O–H groups in total. The van der Waals surface area contributed by atoms with Crippen LogP contribution in [0.3, 0.4) is 0 Å². The number of carbonyl (C=O) groups excluding carboxylic acids is 2. The standard InChI is InChI=1S/C34H41N3O7S2.C4H11N/c1-4-6-17-34(5-2)22-46(42,43)28-19-26(27(45-3)18-25(28)31(37-34)23-13-9-7-10-14-23)44-21-29(38)36-32(24-15-11-8-12-16-24)33(41)35-20-30(39)40;1-3-5-4-2/h7-16,18-19,31-32,37H,4-6,17,20-22H2,1-3H3,(H,35,41)(H,36,38)(H,39,40);5H,3-4H2,1-2H3/t31-,32+,34-;/m0./s1. The number of carboxylic acids is 1. The lowest BCUT2D eigenvalue weighted by molar-refractivity contribution is -0.138. The topological polar surface area (TPSA) is 163 Å². The lowest BCUT2D eigenvalue weighted by atomic mass is 9.88. The quantitative estimate of drug-likeness (QED) is 0.122. The molecule has 3 aromatic carbocycles. The molecule has 3 aromatic rings. The second-order valence-electron chi connectivity index (χ2n) is 12.3. The van der Waals surface area contributed by atoms with Crippen LogP contribution in [0.5, 0.6) is 5.75 Å². The molecule has 4 rings (SSSR count). The molecule has 1 aliphatic heterocycles. The highest BCUT2D eigenvalue weighted by molar-refractivity contribution is 7.98. The number of ether oxygens (including phenoxy) is 1. The van der Waals surface area contributed by atoms with E-state index >= 15 is 0 Å². The highest BCUT2D eigenvalue weighted by atomic mass is 32.2. The number of hydrogen-bond donors (Lipinski definition) is 5. The number of unbranched alkanes of at least 4 members (excludes halogenated alkanes) is 1. The minimum Gasteiger partial charge on any atom is -0.483 e. The molecular formula is C38H52N4O7S2. The van der Waals surface area contributed by atoms with Crippen molar-refractivity contribution in [3.05, 3.63) is 89.5 Å². The Balaban J connectivity index is 0.00000131. The molecule has 2 amide bonds. The summed E-state index contributed by atoms with van der Waals surface area (Å²) in [5.41, 5.74) is 1.39. The van der Waals surface area contributed by atoms with E-state index in [1.807, 2.05) is 49.6 Å². The van der Waals surface area contributed by atoms with Crippen molar-refractivity contribution < 1.29 is 32.6 Å². The van der Waals surface area contributed by atoms with Gasteiger partial charge in [-0.1, -0.05) is 101 Å². The molecule has 0 spiro atoms. The average molecular weight is 741 g/mol. The monoisotopic (exact) mass is 740 g/mol. The maximum absolute atomic E-state index is 14.1. The SMILES string of the molecule is CCCC[C@@]1(CC)CS(=O)(=O)c2cc(OCC(=O)N[C@@H](C(=O)NCC(=O)O)c3ccccc3)c(SC)cc2[C@H](c2ccccc2)N1.CCNCC. The van der Waals surface area contributed by atoms with Crippen LogP contribution in [0.2, 0.25) is 0 Å². The number of rotatable bonds is 16. The molecule has 1 aliphatic rings. The highest BCUT2D eigenvalue weighted by Crippen LogP contribution is 2.42. The second kappa shape index (κ2) is 20.2. The largest absolute Gasteiger partial charge is 0.483 e. The van der Waals surface area contributed by atoms with Crippen molar-refractivity contribution in [2.24, 2.45) is 0 Å². The van der Waals surface area contributed by atoms with Crippen LogP contribution in [0.4, 0.5) is 0 Å². The van der Waals surface area contributed by atoms with Gasteiger partial charge in [0, 0.05) is 16.5 Å². The van der Waals surface area contributed by atoms with Crippen LogP contribution in [0.15, 0.2) is 82.6 Å². The van der Waals surface area contributed by atoms with E-state index in [1.165, 1.54) is 17.8 Å². The molecule has 0 bridgehead atoms. The van der Waals surface area contributed by atoms with Crippen LogP contribution in [-0.4, -0.2) is 75.1 Å². The maximum Gasteiger partial charge on any atom is 0.322 e. The first-order valence-electron chi connectivity index (χ1n) is 17.4. The zero-order valence-electron chi connectivity index (χ0n) is 30.2. The summed E-state index contributed by atoms with van der Waals surface area (Å²) in [6, 6.07) is 20.0. The summed E-state index contributed by atoms with van der Waals surface area (Å²) in [5, 5.41) is 20.8. The van der Waals surface area contributed by atoms with E-state index in [9.17, 15) is 22.8 Å². The lowest BCUT2D eigenvalue weighted by Crippen LogP contribution is -2.50. The molecule has 51 heavy (non-hydrogen) atoms. The fraction of sp³-hybridized carbons (Fsp3) is 0.447. The molecule has 13 heteroatoms. The summed E-state index contributed by atoms with van der Waals surface area (Å²) in [7, 11) is -3.79. The van der Waals surface area contributed by atoms with Crippen molar-refractivity contribution in [3.8, 4) is 5.75 Å². The number of benzene rings is 3. The van der Waals surface area contributed by atoms with Crippen molar-refractivity contribution in [1.29, 1.82) is 0 Å². The Morgan fingerprint density at radius 1 is 1.00 bits per heavy atom. The van der Waals surface area contributed by atoms with Crippen LogP contribution in [0.25, 0.3) is 0 Å².